The summed E-state index contributed by atoms with van der Waals surface area (Å²) in [5.41, 5.74) is 0. The summed E-state index contributed by atoms with van der Waals surface area (Å²) in [4.78, 5) is 9.96. The van der Waals surface area contributed by atoms with E-state index in [9.17, 15) is 0 Å². The molecule has 1 aliphatic heterocycles. The molecule has 0 radical (unpaired) electrons. The van der Waals surface area contributed by atoms with E-state index in [0.29, 0.717) is 12.0 Å². The van der Waals surface area contributed by atoms with Gasteiger partial charge in [0.1, 0.15) is 0 Å². The number of methoxy groups -OCH3 is 1. The second-order valence-corrected chi connectivity index (χ2v) is 7.87. The normalized spacial score (nSPS) is 20.3. The van der Waals surface area contributed by atoms with Crippen LogP contribution in [0.15, 0.2) is 4.99 Å². The molecule has 0 aromatic heterocycles. The third kappa shape index (κ3) is 8.34. The van der Waals surface area contributed by atoms with Gasteiger partial charge in [0.05, 0.1) is 26.4 Å². The van der Waals surface area contributed by atoms with E-state index in [1.165, 1.54) is 12.8 Å². The number of morpholine rings is 1. The van der Waals surface area contributed by atoms with Gasteiger partial charge in [-0.1, -0.05) is 13.8 Å². The van der Waals surface area contributed by atoms with Crippen LogP contribution in [0.2, 0.25) is 0 Å². The summed E-state index contributed by atoms with van der Waals surface area (Å²) in [6.45, 7) is 15.9. The van der Waals surface area contributed by atoms with Gasteiger partial charge in [0.15, 0.2) is 5.96 Å². The maximum atomic E-state index is 5.51. The van der Waals surface area contributed by atoms with Crippen LogP contribution in [0, 0.1) is 5.92 Å². The molecule has 7 heteroatoms. The molecule has 0 spiro atoms. The second-order valence-electron chi connectivity index (χ2n) is 7.87. The molecule has 1 heterocycles. The fourth-order valence-corrected chi connectivity index (χ4v) is 3.63. The third-order valence-corrected chi connectivity index (χ3v) is 5.40. The van der Waals surface area contributed by atoms with Gasteiger partial charge in [-0.3, -0.25) is 14.8 Å². The minimum atomic E-state index is 0.467. The zero-order valence-corrected chi connectivity index (χ0v) is 17.9. The van der Waals surface area contributed by atoms with E-state index in [1.807, 2.05) is 0 Å². The monoisotopic (exact) mass is 383 g/mol. The lowest BCUT2D eigenvalue weighted by Crippen LogP contribution is -2.48. The van der Waals surface area contributed by atoms with Crippen molar-refractivity contribution in [2.24, 2.45) is 10.9 Å². The van der Waals surface area contributed by atoms with E-state index in [-0.39, 0.29) is 0 Å². The highest BCUT2D eigenvalue weighted by molar-refractivity contribution is 5.79. The maximum absolute atomic E-state index is 5.51. The first-order chi connectivity index (χ1) is 13.2. The van der Waals surface area contributed by atoms with Gasteiger partial charge in [0, 0.05) is 58.5 Å². The smallest absolute Gasteiger partial charge is 0.191 e. The van der Waals surface area contributed by atoms with E-state index >= 15 is 0 Å². The van der Waals surface area contributed by atoms with Crippen molar-refractivity contribution < 1.29 is 9.47 Å². The van der Waals surface area contributed by atoms with E-state index in [1.54, 1.807) is 7.11 Å². The average Bonchev–Trinajstić information content (AvgIpc) is 3.50. The van der Waals surface area contributed by atoms with Crippen LogP contribution in [-0.4, -0.2) is 101 Å². The molecule has 1 saturated heterocycles. The van der Waals surface area contributed by atoms with E-state index in [0.717, 1.165) is 77.6 Å². The molecule has 1 saturated carbocycles. The Balaban J connectivity index is 1.82. The molecule has 27 heavy (non-hydrogen) atoms. The quantitative estimate of drug-likeness (QED) is 0.387. The van der Waals surface area contributed by atoms with Crippen molar-refractivity contribution in [3.63, 3.8) is 0 Å². The van der Waals surface area contributed by atoms with Crippen molar-refractivity contribution in [2.75, 3.05) is 72.7 Å². The minimum absolute atomic E-state index is 0.467. The maximum Gasteiger partial charge on any atom is 0.191 e. The van der Waals surface area contributed by atoms with Gasteiger partial charge in [0.2, 0.25) is 0 Å². The minimum Gasteiger partial charge on any atom is -0.383 e. The third-order valence-electron chi connectivity index (χ3n) is 5.40. The lowest BCUT2D eigenvalue weighted by Gasteiger charge is -2.36. The van der Waals surface area contributed by atoms with Crippen LogP contribution in [0.25, 0.3) is 0 Å². The Morgan fingerprint density at radius 3 is 2.56 bits per heavy atom. The van der Waals surface area contributed by atoms with Gasteiger partial charge in [0.25, 0.3) is 0 Å². The highest BCUT2D eigenvalue weighted by Crippen LogP contribution is 2.25. The Kier molecular flexibility index (Phi) is 10.4. The van der Waals surface area contributed by atoms with Crippen LogP contribution >= 0.6 is 0 Å². The summed E-state index contributed by atoms with van der Waals surface area (Å²) >= 11 is 0. The first-order valence-corrected chi connectivity index (χ1v) is 10.7. The molecule has 1 aliphatic carbocycles. The number of nitrogens with zero attached hydrogens (tertiary/aromatic N) is 3. The fraction of sp³-hybridized carbons (Fsp3) is 0.950. The Labute approximate surface area is 165 Å². The average molecular weight is 384 g/mol. The van der Waals surface area contributed by atoms with E-state index < -0.39 is 0 Å². The number of hydrogen-bond acceptors (Lipinski definition) is 5. The predicted molar refractivity (Wildman–Crippen MR) is 111 cm³/mol. The highest BCUT2D eigenvalue weighted by Gasteiger charge is 2.28. The molecule has 1 atom stereocenters. The van der Waals surface area contributed by atoms with Crippen molar-refractivity contribution in [2.45, 2.75) is 45.7 Å². The van der Waals surface area contributed by atoms with Crippen LogP contribution in [0.3, 0.4) is 0 Å². The molecular weight excluding hydrogens is 342 g/mol. The molecular formula is C20H41N5O2. The summed E-state index contributed by atoms with van der Waals surface area (Å²) in [7, 11) is 1.78. The molecule has 0 bridgehead atoms. The molecule has 2 N–H and O–H groups in total. The topological polar surface area (TPSA) is 61.4 Å². The van der Waals surface area contributed by atoms with E-state index in [2.05, 4.69) is 41.2 Å². The van der Waals surface area contributed by atoms with Crippen molar-refractivity contribution >= 4 is 5.96 Å². The Bertz CT molecular complexity index is 423. The zero-order chi connectivity index (χ0) is 19.5. The predicted octanol–water partition coefficient (Wildman–Crippen LogP) is 1.01. The van der Waals surface area contributed by atoms with Crippen LogP contribution < -0.4 is 10.6 Å². The molecule has 0 amide bonds. The molecule has 7 nitrogen and oxygen atoms in total. The number of nitrogens with one attached hydrogen (secondary N) is 2. The number of ether oxygens (including phenoxy) is 2. The lowest BCUT2D eigenvalue weighted by atomic mass is 10.0. The molecule has 0 aromatic rings. The van der Waals surface area contributed by atoms with Gasteiger partial charge in [-0.25, -0.2) is 0 Å². The fourth-order valence-electron chi connectivity index (χ4n) is 3.63. The Morgan fingerprint density at radius 2 is 1.96 bits per heavy atom. The summed E-state index contributed by atoms with van der Waals surface area (Å²) in [5.74, 6) is 1.51. The Morgan fingerprint density at radius 1 is 1.22 bits per heavy atom. The molecule has 0 aromatic carbocycles. The second kappa shape index (κ2) is 12.5. The van der Waals surface area contributed by atoms with Crippen LogP contribution in [0.5, 0.6) is 0 Å². The van der Waals surface area contributed by atoms with Crippen LogP contribution in [0.4, 0.5) is 0 Å². The standard InChI is InChI=1S/C20H41N5O2/c1-5-21-20(22-8-9-24(10-13-26-4)18-6-7-18)23-16-19(17(2)3)25-11-14-27-15-12-25/h17-19H,5-16H2,1-4H3,(H2,21,22,23). The van der Waals surface area contributed by atoms with Crippen LogP contribution in [-0.2, 0) is 9.47 Å². The summed E-state index contributed by atoms with van der Waals surface area (Å²) in [6, 6.07) is 1.22. The first-order valence-electron chi connectivity index (χ1n) is 10.7. The largest absolute Gasteiger partial charge is 0.383 e. The van der Waals surface area contributed by atoms with Crippen molar-refractivity contribution in [3.8, 4) is 0 Å². The Hall–Kier alpha value is -0.890. The summed E-state index contributed by atoms with van der Waals surface area (Å²) in [5, 5.41) is 6.91. The lowest BCUT2D eigenvalue weighted by molar-refractivity contribution is 0.00867. The number of rotatable bonds is 12. The van der Waals surface area contributed by atoms with Gasteiger partial charge < -0.3 is 20.1 Å². The first kappa shape index (κ1) is 22.4. The summed E-state index contributed by atoms with van der Waals surface area (Å²) < 4.78 is 10.8. The SMILES string of the molecule is CCNC(=NCC(C(C)C)N1CCOCC1)NCCN(CCOC)C1CC1. The van der Waals surface area contributed by atoms with Gasteiger partial charge in [-0.2, -0.15) is 0 Å². The molecule has 158 valence electrons. The van der Waals surface area contributed by atoms with Crippen molar-refractivity contribution in [1.82, 2.24) is 20.4 Å². The van der Waals surface area contributed by atoms with E-state index in [4.69, 9.17) is 14.5 Å². The van der Waals surface area contributed by atoms with Crippen molar-refractivity contribution in [3.05, 3.63) is 0 Å². The number of guanidine groups is 1. The van der Waals surface area contributed by atoms with Gasteiger partial charge >= 0.3 is 0 Å². The number of aliphatic imine (C=N–C) groups is 1. The van der Waals surface area contributed by atoms with Gasteiger partial charge in [-0.15, -0.1) is 0 Å². The molecule has 1 unspecified atom stereocenters. The highest BCUT2D eigenvalue weighted by atomic mass is 16.5. The zero-order valence-electron chi connectivity index (χ0n) is 17.9. The summed E-state index contributed by atoms with van der Waals surface area (Å²) in [6.07, 6.45) is 2.65. The van der Waals surface area contributed by atoms with Crippen LogP contribution in [0.1, 0.15) is 33.6 Å². The molecule has 2 rings (SSSR count). The molecule has 2 aliphatic rings. The van der Waals surface area contributed by atoms with Crippen molar-refractivity contribution in [1.29, 1.82) is 0 Å². The van der Waals surface area contributed by atoms with Gasteiger partial charge in [-0.05, 0) is 25.7 Å². The number of hydrogen-bond donors (Lipinski definition) is 2. The molecule has 2 fully saturated rings.